The Morgan fingerprint density at radius 1 is 1.00 bits per heavy atom. The van der Waals surface area contributed by atoms with Gasteiger partial charge in [0.15, 0.2) is 0 Å². The van der Waals surface area contributed by atoms with Crippen molar-refractivity contribution in [2.45, 2.75) is 32.4 Å². The van der Waals surface area contributed by atoms with E-state index in [1.807, 2.05) is 30.3 Å². The van der Waals surface area contributed by atoms with Gasteiger partial charge in [-0.05, 0) is 55.7 Å². The summed E-state index contributed by atoms with van der Waals surface area (Å²) in [5.41, 5.74) is 2.23. The first-order valence-corrected chi connectivity index (χ1v) is 9.19. The van der Waals surface area contributed by atoms with Gasteiger partial charge in [-0.3, -0.25) is 0 Å². The predicted octanol–water partition coefficient (Wildman–Crippen LogP) is 6.36. The maximum atomic E-state index is 6.24. The van der Waals surface area contributed by atoms with Crippen LogP contribution in [-0.2, 0) is 13.0 Å². The van der Waals surface area contributed by atoms with Crippen molar-refractivity contribution >= 4 is 23.2 Å². The first-order chi connectivity index (χ1) is 12.1. The molecule has 1 heterocycles. The van der Waals surface area contributed by atoms with E-state index in [0.29, 0.717) is 22.6 Å². The summed E-state index contributed by atoms with van der Waals surface area (Å²) in [5, 5.41) is 4.72. The van der Waals surface area contributed by atoms with Crippen LogP contribution in [0.4, 0.5) is 0 Å². The molecule has 2 aromatic carbocycles. The first-order valence-electron chi connectivity index (χ1n) is 8.43. The predicted molar refractivity (Wildman–Crippen MR) is 105 cm³/mol. The fourth-order valence-electron chi connectivity index (χ4n) is 2.71. The highest BCUT2D eigenvalue weighted by atomic mass is 35.5. The van der Waals surface area contributed by atoms with Crippen molar-refractivity contribution in [3.63, 3.8) is 0 Å². The van der Waals surface area contributed by atoms with E-state index in [4.69, 9.17) is 27.6 Å². The fourth-order valence-corrected chi connectivity index (χ4v) is 3.21. The third-order valence-corrected chi connectivity index (χ3v) is 4.74. The largest absolute Gasteiger partial charge is 0.460 e. The van der Waals surface area contributed by atoms with E-state index in [1.54, 1.807) is 6.07 Å². The van der Waals surface area contributed by atoms with Gasteiger partial charge < -0.3 is 9.73 Å². The summed E-state index contributed by atoms with van der Waals surface area (Å²) >= 11 is 12.2. The SMILES string of the molecule is C[C@H](CCc1ccccc1)NCc1ccc(-c2ccc(Cl)cc2Cl)o1. The van der Waals surface area contributed by atoms with E-state index in [0.717, 1.165) is 29.9 Å². The lowest BCUT2D eigenvalue weighted by atomic mass is 10.1. The number of hydrogen-bond acceptors (Lipinski definition) is 2. The van der Waals surface area contributed by atoms with Crippen LogP contribution in [0.3, 0.4) is 0 Å². The Balaban J connectivity index is 1.53. The highest BCUT2D eigenvalue weighted by Crippen LogP contribution is 2.31. The average Bonchev–Trinajstić information content (AvgIpc) is 3.08. The number of hydrogen-bond donors (Lipinski definition) is 1. The van der Waals surface area contributed by atoms with E-state index < -0.39 is 0 Å². The molecule has 3 rings (SSSR count). The number of halogens is 2. The van der Waals surface area contributed by atoms with Crippen LogP contribution in [0, 0.1) is 0 Å². The van der Waals surface area contributed by atoms with Gasteiger partial charge >= 0.3 is 0 Å². The molecule has 0 spiro atoms. The van der Waals surface area contributed by atoms with Crippen molar-refractivity contribution in [1.29, 1.82) is 0 Å². The molecular formula is C21H21Cl2NO. The Morgan fingerprint density at radius 2 is 1.80 bits per heavy atom. The molecule has 1 atom stereocenters. The molecule has 3 aromatic rings. The van der Waals surface area contributed by atoms with Crippen LogP contribution >= 0.6 is 23.2 Å². The topological polar surface area (TPSA) is 25.2 Å². The Morgan fingerprint density at radius 3 is 2.56 bits per heavy atom. The normalized spacial score (nSPS) is 12.3. The van der Waals surface area contributed by atoms with Gasteiger partial charge in [0.25, 0.3) is 0 Å². The van der Waals surface area contributed by atoms with E-state index in [-0.39, 0.29) is 0 Å². The number of aryl methyl sites for hydroxylation is 1. The van der Waals surface area contributed by atoms with Crippen molar-refractivity contribution in [2.24, 2.45) is 0 Å². The summed E-state index contributed by atoms with van der Waals surface area (Å²) in [5.74, 6) is 1.66. The number of rotatable bonds is 7. The Hall–Kier alpha value is -1.74. The Kier molecular flexibility index (Phi) is 6.19. The molecule has 0 amide bonds. The summed E-state index contributed by atoms with van der Waals surface area (Å²) in [7, 11) is 0. The summed E-state index contributed by atoms with van der Waals surface area (Å²) < 4.78 is 5.91. The summed E-state index contributed by atoms with van der Waals surface area (Å²) in [6.07, 6.45) is 2.15. The van der Waals surface area contributed by atoms with E-state index >= 15 is 0 Å². The van der Waals surface area contributed by atoms with E-state index in [1.165, 1.54) is 5.56 Å². The molecule has 0 aliphatic heterocycles. The van der Waals surface area contributed by atoms with Crippen molar-refractivity contribution < 1.29 is 4.42 Å². The minimum absolute atomic E-state index is 0.410. The van der Waals surface area contributed by atoms with E-state index in [2.05, 4.69) is 36.5 Å². The molecule has 4 heteroatoms. The quantitative estimate of drug-likeness (QED) is 0.520. The smallest absolute Gasteiger partial charge is 0.135 e. The lowest BCUT2D eigenvalue weighted by Gasteiger charge is -2.12. The molecule has 0 radical (unpaired) electrons. The van der Waals surface area contributed by atoms with Crippen LogP contribution < -0.4 is 5.32 Å². The summed E-state index contributed by atoms with van der Waals surface area (Å²) in [4.78, 5) is 0. The van der Waals surface area contributed by atoms with Gasteiger partial charge in [-0.25, -0.2) is 0 Å². The number of nitrogens with one attached hydrogen (secondary N) is 1. The van der Waals surface area contributed by atoms with Crippen molar-refractivity contribution in [3.05, 3.63) is 82.0 Å². The van der Waals surface area contributed by atoms with E-state index in [9.17, 15) is 0 Å². The monoisotopic (exact) mass is 373 g/mol. The lowest BCUT2D eigenvalue weighted by Crippen LogP contribution is -2.25. The van der Waals surface area contributed by atoms with Crippen LogP contribution in [0.2, 0.25) is 10.0 Å². The third-order valence-electron chi connectivity index (χ3n) is 4.19. The first kappa shape index (κ1) is 18.1. The van der Waals surface area contributed by atoms with Gasteiger partial charge in [0.1, 0.15) is 11.5 Å². The van der Waals surface area contributed by atoms with Crippen molar-refractivity contribution in [2.75, 3.05) is 0 Å². The van der Waals surface area contributed by atoms with Crippen molar-refractivity contribution in [3.8, 4) is 11.3 Å². The molecule has 1 aromatic heterocycles. The lowest BCUT2D eigenvalue weighted by molar-refractivity contribution is 0.449. The molecule has 0 bridgehead atoms. The fraction of sp³-hybridized carbons (Fsp3) is 0.238. The molecule has 0 saturated heterocycles. The van der Waals surface area contributed by atoms with Crippen LogP contribution in [0.1, 0.15) is 24.7 Å². The minimum atomic E-state index is 0.410. The second-order valence-corrected chi connectivity index (χ2v) is 7.04. The zero-order valence-electron chi connectivity index (χ0n) is 14.1. The molecule has 25 heavy (non-hydrogen) atoms. The Bertz CT molecular complexity index is 814. The maximum absolute atomic E-state index is 6.24. The molecule has 0 fully saturated rings. The van der Waals surface area contributed by atoms with Gasteiger partial charge in [0, 0.05) is 16.6 Å². The van der Waals surface area contributed by atoms with Gasteiger partial charge in [-0.15, -0.1) is 0 Å². The summed E-state index contributed by atoms with van der Waals surface area (Å²) in [6, 6.07) is 20.3. The zero-order chi connectivity index (χ0) is 17.6. The molecule has 0 aliphatic rings. The van der Waals surface area contributed by atoms with Crippen LogP contribution in [0.15, 0.2) is 65.1 Å². The summed E-state index contributed by atoms with van der Waals surface area (Å²) in [6.45, 7) is 2.89. The molecule has 130 valence electrons. The number of furan rings is 1. The standard InChI is InChI=1S/C21H21Cl2NO/c1-15(7-8-16-5-3-2-4-6-16)24-14-18-10-12-21(25-18)19-11-9-17(22)13-20(19)23/h2-6,9-13,15,24H,7-8,14H2,1H3/t15-/m1/s1. The molecule has 0 aliphatic carbocycles. The van der Waals surface area contributed by atoms with Crippen molar-refractivity contribution in [1.82, 2.24) is 5.32 Å². The van der Waals surface area contributed by atoms with Crippen LogP contribution in [0.5, 0.6) is 0 Å². The molecule has 0 unspecified atom stereocenters. The van der Waals surface area contributed by atoms with Gasteiger partial charge in [0.2, 0.25) is 0 Å². The third kappa shape index (κ3) is 5.12. The second kappa shape index (κ2) is 8.57. The molecule has 1 N–H and O–H groups in total. The highest BCUT2D eigenvalue weighted by Gasteiger charge is 2.10. The van der Waals surface area contributed by atoms with Crippen LogP contribution in [0.25, 0.3) is 11.3 Å². The minimum Gasteiger partial charge on any atom is -0.460 e. The molecule has 2 nitrogen and oxygen atoms in total. The van der Waals surface area contributed by atoms with Gasteiger partial charge in [0.05, 0.1) is 11.6 Å². The van der Waals surface area contributed by atoms with Gasteiger partial charge in [-0.2, -0.15) is 0 Å². The molecular weight excluding hydrogens is 353 g/mol. The van der Waals surface area contributed by atoms with Gasteiger partial charge in [-0.1, -0.05) is 53.5 Å². The second-order valence-electron chi connectivity index (χ2n) is 6.20. The van der Waals surface area contributed by atoms with Crippen LogP contribution in [-0.4, -0.2) is 6.04 Å². The zero-order valence-corrected chi connectivity index (χ0v) is 15.6. The average molecular weight is 374 g/mol. The maximum Gasteiger partial charge on any atom is 0.135 e. The molecule has 0 saturated carbocycles. The Labute approximate surface area is 158 Å². The number of benzene rings is 2. The highest BCUT2D eigenvalue weighted by molar-refractivity contribution is 6.36.